The van der Waals surface area contributed by atoms with E-state index in [-0.39, 0.29) is 6.04 Å². The number of nitrogens with zero attached hydrogens (tertiary/aromatic N) is 1. The van der Waals surface area contributed by atoms with E-state index in [2.05, 4.69) is 22.2 Å². The summed E-state index contributed by atoms with van der Waals surface area (Å²) < 4.78 is 1.50. The predicted molar refractivity (Wildman–Crippen MR) is 77.7 cm³/mol. The van der Waals surface area contributed by atoms with Crippen LogP contribution >= 0.6 is 34.5 Å². The van der Waals surface area contributed by atoms with Crippen LogP contribution in [0.25, 0.3) is 0 Å². The highest BCUT2D eigenvalue weighted by atomic mass is 35.5. The highest BCUT2D eigenvalue weighted by Gasteiger charge is 2.12. The molecule has 2 N–H and O–H groups in total. The van der Waals surface area contributed by atoms with Crippen molar-refractivity contribution in [2.24, 2.45) is 0 Å². The number of nitrogens with one attached hydrogen (secondary N) is 2. The van der Waals surface area contributed by atoms with Crippen LogP contribution in [0.3, 0.4) is 0 Å². The van der Waals surface area contributed by atoms with Gasteiger partial charge in [-0.15, -0.1) is 11.3 Å². The molecule has 18 heavy (non-hydrogen) atoms. The molecular formula is C12H15Cl2N3S. The number of H-pyrrole nitrogens is 1. The zero-order chi connectivity index (χ0) is 13.0. The summed E-state index contributed by atoms with van der Waals surface area (Å²) in [5.41, 5.74) is 1.07. The number of rotatable bonds is 6. The molecule has 2 aromatic rings. The van der Waals surface area contributed by atoms with Crippen LogP contribution in [-0.4, -0.2) is 16.5 Å². The number of hydrogen-bond acceptors (Lipinski definition) is 3. The molecular weight excluding hydrogens is 289 g/mol. The van der Waals surface area contributed by atoms with Gasteiger partial charge in [0.25, 0.3) is 0 Å². The summed E-state index contributed by atoms with van der Waals surface area (Å²) in [6.07, 6.45) is 5.61. The van der Waals surface area contributed by atoms with E-state index >= 15 is 0 Å². The van der Waals surface area contributed by atoms with Crippen molar-refractivity contribution in [3.8, 4) is 0 Å². The molecule has 0 fully saturated rings. The van der Waals surface area contributed by atoms with Gasteiger partial charge in [0.05, 0.1) is 8.67 Å². The maximum absolute atomic E-state index is 6.11. The molecule has 3 nitrogen and oxygen atoms in total. The third-order valence-electron chi connectivity index (χ3n) is 2.75. The van der Waals surface area contributed by atoms with Crippen LogP contribution in [0, 0.1) is 0 Å². The lowest BCUT2D eigenvalue weighted by atomic mass is 10.2. The van der Waals surface area contributed by atoms with E-state index in [4.69, 9.17) is 23.2 Å². The lowest BCUT2D eigenvalue weighted by molar-refractivity contribution is 0.556. The van der Waals surface area contributed by atoms with Crippen molar-refractivity contribution in [1.29, 1.82) is 0 Å². The quantitative estimate of drug-likeness (QED) is 0.790. The summed E-state index contributed by atoms with van der Waals surface area (Å²) in [5.74, 6) is 1.03. The lowest BCUT2D eigenvalue weighted by Crippen LogP contribution is -2.20. The minimum atomic E-state index is 0.220. The molecule has 0 aliphatic rings. The predicted octanol–water partition coefficient (Wildman–Crippen LogP) is 4.06. The van der Waals surface area contributed by atoms with Crippen molar-refractivity contribution in [1.82, 2.24) is 15.3 Å². The molecule has 0 saturated heterocycles. The Morgan fingerprint density at radius 1 is 1.50 bits per heavy atom. The molecule has 0 aliphatic carbocycles. The van der Waals surface area contributed by atoms with Crippen molar-refractivity contribution in [2.75, 3.05) is 6.54 Å². The summed E-state index contributed by atoms with van der Waals surface area (Å²) in [7, 11) is 0. The maximum atomic E-state index is 6.11. The van der Waals surface area contributed by atoms with Gasteiger partial charge in [-0.25, -0.2) is 4.98 Å². The van der Waals surface area contributed by atoms with Gasteiger partial charge < -0.3 is 10.3 Å². The summed E-state index contributed by atoms with van der Waals surface area (Å²) >= 11 is 13.5. The fraction of sp³-hybridized carbons (Fsp3) is 0.417. The van der Waals surface area contributed by atoms with E-state index in [1.54, 1.807) is 6.20 Å². The fourth-order valence-electron chi connectivity index (χ4n) is 1.77. The fourth-order valence-corrected chi connectivity index (χ4v) is 3.41. The van der Waals surface area contributed by atoms with Crippen molar-refractivity contribution < 1.29 is 0 Å². The van der Waals surface area contributed by atoms with Crippen molar-refractivity contribution >= 4 is 34.5 Å². The van der Waals surface area contributed by atoms with Crippen LogP contribution < -0.4 is 5.32 Å². The minimum absolute atomic E-state index is 0.220. The summed E-state index contributed by atoms with van der Waals surface area (Å²) in [6, 6.07) is 2.15. The number of thiophene rings is 1. The molecule has 0 amide bonds. The first-order chi connectivity index (χ1) is 8.66. The lowest BCUT2D eigenvalue weighted by Gasteiger charge is -2.12. The Balaban J connectivity index is 1.75. The second kappa shape index (κ2) is 6.57. The highest BCUT2D eigenvalue weighted by molar-refractivity contribution is 7.20. The average Bonchev–Trinajstić information content (AvgIpc) is 2.94. The summed E-state index contributed by atoms with van der Waals surface area (Å²) in [5, 5.41) is 3.44. The third-order valence-corrected chi connectivity index (χ3v) is 4.26. The molecule has 0 saturated carbocycles. The van der Waals surface area contributed by atoms with Crippen molar-refractivity contribution in [3.63, 3.8) is 0 Å². The molecule has 0 radical (unpaired) electrons. The molecule has 6 heteroatoms. The standard InChI is InChI=1S/C12H15Cl2N3S/c1-8(9-7-10(13)18-12(9)14)15-4-2-3-11-16-5-6-17-11/h5-8,15H,2-4H2,1H3,(H,16,17). The second-order valence-corrected chi connectivity index (χ2v) is 6.38. The zero-order valence-electron chi connectivity index (χ0n) is 10.0. The van der Waals surface area contributed by atoms with Gasteiger partial charge in [-0.3, -0.25) is 0 Å². The number of aryl methyl sites for hydroxylation is 1. The largest absolute Gasteiger partial charge is 0.349 e. The maximum Gasteiger partial charge on any atom is 0.106 e. The molecule has 0 aliphatic heterocycles. The number of halogens is 2. The minimum Gasteiger partial charge on any atom is -0.349 e. The average molecular weight is 304 g/mol. The van der Waals surface area contributed by atoms with Crippen LogP contribution in [0.5, 0.6) is 0 Å². The van der Waals surface area contributed by atoms with Gasteiger partial charge in [0.2, 0.25) is 0 Å². The van der Waals surface area contributed by atoms with E-state index in [9.17, 15) is 0 Å². The molecule has 0 bridgehead atoms. The highest BCUT2D eigenvalue weighted by Crippen LogP contribution is 2.34. The Bertz CT molecular complexity index is 481. The van der Waals surface area contributed by atoms with E-state index in [1.807, 2.05) is 12.3 Å². The monoisotopic (exact) mass is 303 g/mol. The Hall–Kier alpha value is -0.550. The first kappa shape index (κ1) is 13.9. The van der Waals surface area contributed by atoms with Gasteiger partial charge in [0.15, 0.2) is 0 Å². The second-order valence-electron chi connectivity index (χ2n) is 4.09. The Kier molecular flexibility index (Phi) is 5.06. The summed E-state index contributed by atoms with van der Waals surface area (Å²) in [6.45, 7) is 3.02. The van der Waals surface area contributed by atoms with E-state index in [0.29, 0.717) is 0 Å². The van der Waals surface area contributed by atoms with Gasteiger partial charge in [0, 0.05) is 24.9 Å². The van der Waals surface area contributed by atoms with Gasteiger partial charge >= 0.3 is 0 Å². The molecule has 98 valence electrons. The molecule has 2 heterocycles. The normalized spacial score (nSPS) is 12.8. The SMILES string of the molecule is CC(NCCCc1ncc[nH]1)c1cc(Cl)sc1Cl. The Morgan fingerprint density at radius 3 is 2.94 bits per heavy atom. The molecule has 2 rings (SSSR count). The van der Waals surface area contributed by atoms with Crippen LogP contribution in [0.2, 0.25) is 8.67 Å². The molecule has 0 spiro atoms. The number of aromatic nitrogens is 2. The van der Waals surface area contributed by atoms with E-state index < -0.39 is 0 Å². The number of aromatic amines is 1. The number of hydrogen-bond donors (Lipinski definition) is 2. The number of imidazole rings is 1. The van der Waals surface area contributed by atoms with Crippen LogP contribution in [0.15, 0.2) is 18.5 Å². The van der Waals surface area contributed by atoms with Crippen LogP contribution in [-0.2, 0) is 6.42 Å². The first-order valence-corrected chi connectivity index (χ1v) is 7.40. The molecule has 1 unspecified atom stereocenters. The van der Waals surface area contributed by atoms with E-state index in [0.717, 1.165) is 39.4 Å². The molecule has 0 aromatic carbocycles. The summed E-state index contributed by atoms with van der Waals surface area (Å²) in [4.78, 5) is 7.28. The molecule has 2 aromatic heterocycles. The van der Waals surface area contributed by atoms with Crippen LogP contribution in [0.4, 0.5) is 0 Å². The van der Waals surface area contributed by atoms with Gasteiger partial charge in [-0.2, -0.15) is 0 Å². The molecule has 1 atom stereocenters. The van der Waals surface area contributed by atoms with Gasteiger partial charge in [-0.1, -0.05) is 23.2 Å². The van der Waals surface area contributed by atoms with Gasteiger partial charge in [0.1, 0.15) is 5.82 Å². The van der Waals surface area contributed by atoms with Crippen molar-refractivity contribution in [2.45, 2.75) is 25.8 Å². The smallest absolute Gasteiger partial charge is 0.106 e. The zero-order valence-corrected chi connectivity index (χ0v) is 12.4. The third kappa shape index (κ3) is 3.72. The van der Waals surface area contributed by atoms with Crippen molar-refractivity contribution in [3.05, 3.63) is 38.5 Å². The van der Waals surface area contributed by atoms with E-state index in [1.165, 1.54) is 11.3 Å². The first-order valence-electron chi connectivity index (χ1n) is 5.83. The topological polar surface area (TPSA) is 40.7 Å². The Morgan fingerprint density at radius 2 is 2.33 bits per heavy atom. The Labute approximate surface area is 121 Å². The van der Waals surface area contributed by atoms with Crippen LogP contribution in [0.1, 0.15) is 30.8 Å². The van der Waals surface area contributed by atoms with Gasteiger partial charge in [-0.05, 0) is 31.5 Å².